The van der Waals surface area contributed by atoms with E-state index in [0.717, 1.165) is 13.0 Å². The van der Waals surface area contributed by atoms with Crippen molar-refractivity contribution in [1.29, 1.82) is 0 Å². The molecule has 3 rings (SSSR count). The summed E-state index contributed by atoms with van der Waals surface area (Å²) in [6, 6.07) is 4.45. The van der Waals surface area contributed by atoms with Crippen LogP contribution in [-0.2, 0) is 6.42 Å². The first-order valence-corrected chi connectivity index (χ1v) is 4.92. The van der Waals surface area contributed by atoms with E-state index in [9.17, 15) is 0 Å². The highest BCUT2D eigenvalue weighted by molar-refractivity contribution is 5.76. The second kappa shape index (κ2) is 2.91. The summed E-state index contributed by atoms with van der Waals surface area (Å²) >= 11 is 0. The number of hydrogen-bond donors (Lipinski definition) is 2. The van der Waals surface area contributed by atoms with Gasteiger partial charge in [0, 0.05) is 17.9 Å². The van der Waals surface area contributed by atoms with Gasteiger partial charge >= 0.3 is 0 Å². The lowest BCUT2D eigenvalue weighted by molar-refractivity contribution is 1.21. The standard InChI is InChI=1S/C12H12N2/c1-3-9-7-10-4-2-6-14-12(10)8-11(9)13-5-1/h1-3,6-8,13-14H,4-5H2. The summed E-state index contributed by atoms with van der Waals surface area (Å²) < 4.78 is 0. The second-order valence-corrected chi connectivity index (χ2v) is 3.63. The largest absolute Gasteiger partial charge is 0.381 e. The molecule has 2 heterocycles. The number of anilines is 2. The summed E-state index contributed by atoms with van der Waals surface area (Å²) in [5.41, 5.74) is 5.13. The Bertz CT molecular complexity index is 430. The molecule has 0 bridgehead atoms. The van der Waals surface area contributed by atoms with Crippen molar-refractivity contribution >= 4 is 17.5 Å². The van der Waals surface area contributed by atoms with E-state index in [4.69, 9.17) is 0 Å². The Hall–Kier alpha value is -1.70. The third-order valence-corrected chi connectivity index (χ3v) is 2.68. The molecule has 1 aromatic carbocycles. The lowest BCUT2D eigenvalue weighted by Crippen LogP contribution is -2.07. The van der Waals surface area contributed by atoms with Gasteiger partial charge in [0.05, 0.1) is 0 Å². The van der Waals surface area contributed by atoms with E-state index in [1.54, 1.807) is 0 Å². The SMILES string of the molecule is C1=Cc2cc3c(cc2NC1)NC=CC3. The van der Waals surface area contributed by atoms with Crippen LogP contribution in [0.4, 0.5) is 11.4 Å². The van der Waals surface area contributed by atoms with E-state index in [-0.39, 0.29) is 0 Å². The minimum Gasteiger partial charge on any atom is -0.381 e. The highest BCUT2D eigenvalue weighted by Gasteiger charge is 2.10. The minimum absolute atomic E-state index is 0.932. The predicted octanol–water partition coefficient (Wildman–Crippen LogP) is 2.61. The van der Waals surface area contributed by atoms with Crippen LogP contribution in [0, 0.1) is 0 Å². The van der Waals surface area contributed by atoms with Crippen LogP contribution in [0.5, 0.6) is 0 Å². The van der Waals surface area contributed by atoms with Crippen molar-refractivity contribution in [3.63, 3.8) is 0 Å². The number of nitrogens with one attached hydrogen (secondary N) is 2. The van der Waals surface area contributed by atoms with Gasteiger partial charge in [-0.2, -0.15) is 0 Å². The molecule has 0 atom stereocenters. The van der Waals surface area contributed by atoms with E-state index < -0.39 is 0 Å². The first-order chi connectivity index (χ1) is 6.93. The van der Waals surface area contributed by atoms with Gasteiger partial charge < -0.3 is 10.6 Å². The van der Waals surface area contributed by atoms with Gasteiger partial charge in [-0.15, -0.1) is 0 Å². The van der Waals surface area contributed by atoms with Gasteiger partial charge in [0.1, 0.15) is 0 Å². The molecule has 1 aromatic rings. The molecule has 2 nitrogen and oxygen atoms in total. The number of rotatable bonds is 0. The molecule has 14 heavy (non-hydrogen) atoms. The van der Waals surface area contributed by atoms with Crippen LogP contribution in [0.3, 0.4) is 0 Å². The number of fused-ring (bicyclic) bond motifs is 2. The van der Waals surface area contributed by atoms with E-state index in [2.05, 4.69) is 41.0 Å². The Morgan fingerprint density at radius 1 is 1.07 bits per heavy atom. The third-order valence-electron chi connectivity index (χ3n) is 2.68. The molecule has 70 valence electrons. The molecule has 0 radical (unpaired) electrons. The summed E-state index contributed by atoms with van der Waals surface area (Å²) in [5.74, 6) is 0. The van der Waals surface area contributed by atoms with Crippen LogP contribution in [0.25, 0.3) is 6.08 Å². The maximum Gasteiger partial charge on any atom is 0.0437 e. The summed E-state index contributed by atoms with van der Waals surface area (Å²) in [5, 5.41) is 6.63. The summed E-state index contributed by atoms with van der Waals surface area (Å²) in [6.45, 7) is 0.932. The average molecular weight is 184 g/mol. The molecule has 0 aromatic heterocycles. The van der Waals surface area contributed by atoms with Crippen LogP contribution < -0.4 is 10.6 Å². The summed E-state index contributed by atoms with van der Waals surface area (Å²) in [6.07, 6.45) is 9.52. The number of benzene rings is 1. The van der Waals surface area contributed by atoms with Crippen molar-refractivity contribution in [2.24, 2.45) is 0 Å². The highest BCUT2D eigenvalue weighted by atomic mass is 14.9. The normalized spacial score (nSPS) is 16.6. The fourth-order valence-electron chi connectivity index (χ4n) is 1.95. The van der Waals surface area contributed by atoms with Gasteiger partial charge in [0.25, 0.3) is 0 Å². The molecule has 0 fully saturated rings. The Labute approximate surface area is 83.3 Å². The van der Waals surface area contributed by atoms with Crippen molar-refractivity contribution < 1.29 is 0 Å². The second-order valence-electron chi connectivity index (χ2n) is 3.63. The van der Waals surface area contributed by atoms with Crippen LogP contribution in [-0.4, -0.2) is 6.54 Å². The Morgan fingerprint density at radius 2 is 2.07 bits per heavy atom. The summed E-state index contributed by atoms with van der Waals surface area (Å²) in [4.78, 5) is 0. The average Bonchev–Trinajstić information content (AvgIpc) is 2.26. The summed E-state index contributed by atoms with van der Waals surface area (Å²) in [7, 11) is 0. The van der Waals surface area contributed by atoms with Crippen LogP contribution >= 0.6 is 0 Å². The zero-order valence-corrected chi connectivity index (χ0v) is 7.88. The molecular weight excluding hydrogens is 172 g/mol. The quantitative estimate of drug-likeness (QED) is 0.647. The monoisotopic (exact) mass is 184 g/mol. The topological polar surface area (TPSA) is 24.1 Å². The highest BCUT2D eigenvalue weighted by Crippen LogP contribution is 2.30. The number of allylic oxidation sites excluding steroid dienone is 1. The van der Waals surface area contributed by atoms with Crippen molar-refractivity contribution in [2.45, 2.75) is 6.42 Å². The smallest absolute Gasteiger partial charge is 0.0437 e. The predicted molar refractivity (Wildman–Crippen MR) is 60.4 cm³/mol. The Morgan fingerprint density at radius 3 is 3.07 bits per heavy atom. The lowest BCUT2D eigenvalue weighted by atomic mass is 10.0. The molecule has 0 spiro atoms. The maximum absolute atomic E-state index is 3.36. The van der Waals surface area contributed by atoms with E-state index >= 15 is 0 Å². The zero-order valence-electron chi connectivity index (χ0n) is 7.88. The number of hydrogen-bond acceptors (Lipinski definition) is 2. The molecule has 0 saturated carbocycles. The lowest BCUT2D eigenvalue weighted by Gasteiger charge is -2.19. The molecule has 2 heteroatoms. The van der Waals surface area contributed by atoms with Crippen molar-refractivity contribution in [3.8, 4) is 0 Å². The van der Waals surface area contributed by atoms with Crippen LogP contribution in [0.15, 0.2) is 30.5 Å². The van der Waals surface area contributed by atoms with E-state index in [0.29, 0.717) is 0 Å². The Kier molecular flexibility index (Phi) is 1.60. The van der Waals surface area contributed by atoms with Gasteiger partial charge in [-0.1, -0.05) is 18.2 Å². The van der Waals surface area contributed by atoms with Crippen LogP contribution in [0.1, 0.15) is 11.1 Å². The van der Waals surface area contributed by atoms with Gasteiger partial charge in [-0.05, 0) is 35.9 Å². The van der Waals surface area contributed by atoms with E-state index in [1.165, 1.54) is 22.5 Å². The van der Waals surface area contributed by atoms with Gasteiger partial charge in [-0.25, -0.2) is 0 Å². The van der Waals surface area contributed by atoms with Crippen LogP contribution in [0.2, 0.25) is 0 Å². The molecular formula is C12H12N2. The fourth-order valence-corrected chi connectivity index (χ4v) is 1.95. The third kappa shape index (κ3) is 1.11. The zero-order chi connectivity index (χ0) is 9.38. The molecule has 2 aliphatic heterocycles. The van der Waals surface area contributed by atoms with Crippen molar-refractivity contribution in [2.75, 3.05) is 17.2 Å². The van der Waals surface area contributed by atoms with E-state index in [1.807, 2.05) is 6.20 Å². The molecule has 0 unspecified atom stereocenters. The fraction of sp³-hybridized carbons (Fsp3) is 0.167. The molecule has 0 aliphatic carbocycles. The molecule has 2 aliphatic rings. The minimum atomic E-state index is 0.932. The van der Waals surface area contributed by atoms with Gasteiger partial charge in [0.2, 0.25) is 0 Å². The molecule has 0 amide bonds. The Balaban J connectivity index is 2.14. The van der Waals surface area contributed by atoms with Gasteiger partial charge in [0.15, 0.2) is 0 Å². The van der Waals surface area contributed by atoms with Crippen molar-refractivity contribution in [3.05, 3.63) is 41.6 Å². The first-order valence-electron chi connectivity index (χ1n) is 4.92. The maximum atomic E-state index is 3.36. The molecule has 0 saturated heterocycles. The molecule has 2 N–H and O–H groups in total. The van der Waals surface area contributed by atoms with Gasteiger partial charge in [-0.3, -0.25) is 0 Å². The van der Waals surface area contributed by atoms with Crippen molar-refractivity contribution in [1.82, 2.24) is 0 Å². The first kappa shape index (κ1) is 7.68.